The molecule has 110 valence electrons. The van der Waals surface area contributed by atoms with Crippen LogP contribution in [0.4, 0.5) is 5.69 Å². The Morgan fingerprint density at radius 3 is 2.95 bits per heavy atom. The standard InChI is InChI=1S/C14H12ClNO4S/c1-21(18)13-10(15)3-2-4-11(13)16-14(17)9-6-20-12-7-19-5-8(9)12/h2-4,6H,5,7H2,1H3,(H,16,17). The number of ether oxygens (including phenoxy) is 1. The van der Waals surface area contributed by atoms with Crippen LogP contribution >= 0.6 is 11.6 Å². The fourth-order valence-corrected chi connectivity index (χ4v) is 3.50. The van der Waals surface area contributed by atoms with Gasteiger partial charge in [0.2, 0.25) is 0 Å². The maximum Gasteiger partial charge on any atom is 0.259 e. The van der Waals surface area contributed by atoms with E-state index in [1.165, 1.54) is 12.5 Å². The summed E-state index contributed by atoms with van der Waals surface area (Å²) < 4.78 is 22.3. The van der Waals surface area contributed by atoms with Crippen molar-refractivity contribution in [2.75, 3.05) is 11.6 Å². The predicted octanol–water partition coefficient (Wildman–Crippen LogP) is 2.95. The Kier molecular flexibility index (Phi) is 3.84. The van der Waals surface area contributed by atoms with Crippen LogP contribution in [0.15, 0.2) is 33.8 Å². The van der Waals surface area contributed by atoms with E-state index < -0.39 is 10.8 Å². The molecule has 1 aliphatic rings. The first-order valence-corrected chi connectivity index (χ1v) is 8.12. The molecular weight excluding hydrogens is 314 g/mol. The van der Waals surface area contributed by atoms with Crippen molar-refractivity contribution in [1.29, 1.82) is 0 Å². The molecule has 1 aromatic heterocycles. The van der Waals surface area contributed by atoms with Crippen LogP contribution in [0.5, 0.6) is 0 Å². The molecule has 7 heteroatoms. The van der Waals surface area contributed by atoms with Gasteiger partial charge in [-0.05, 0) is 12.1 Å². The molecule has 1 atom stereocenters. The number of carbonyl (C=O) groups is 1. The highest BCUT2D eigenvalue weighted by molar-refractivity contribution is 7.84. The summed E-state index contributed by atoms with van der Waals surface area (Å²) in [6.07, 6.45) is 2.93. The summed E-state index contributed by atoms with van der Waals surface area (Å²) in [5.41, 5.74) is 1.62. The molecule has 3 rings (SSSR count). The Morgan fingerprint density at radius 1 is 1.38 bits per heavy atom. The van der Waals surface area contributed by atoms with Crippen LogP contribution in [0.25, 0.3) is 0 Å². The van der Waals surface area contributed by atoms with Gasteiger partial charge in [-0.3, -0.25) is 9.00 Å². The third-order valence-corrected chi connectivity index (χ3v) is 4.65. The first-order valence-electron chi connectivity index (χ1n) is 6.18. The van der Waals surface area contributed by atoms with Crippen LogP contribution in [0.3, 0.4) is 0 Å². The second-order valence-electron chi connectivity index (χ2n) is 4.57. The SMILES string of the molecule is CS(=O)c1c(Cl)cccc1NC(=O)c1coc2c1COC2. The number of nitrogens with one attached hydrogen (secondary N) is 1. The molecule has 1 unspecified atom stereocenters. The van der Waals surface area contributed by atoms with Crippen molar-refractivity contribution in [1.82, 2.24) is 0 Å². The van der Waals surface area contributed by atoms with Gasteiger partial charge in [0.1, 0.15) is 18.6 Å². The maximum absolute atomic E-state index is 12.4. The number of hydrogen-bond donors (Lipinski definition) is 1. The van der Waals surface area contributed by atoms with Crippen LogP contribution in [-0.4, -0.2) is 16.4 Å². The van der Waals surface area contributed by atoms with Gasteiger partial charge in [-0.25, -0.2) is 0 Å². The van der Waals surface area contributed by atoms with Gasteiger partial charge in [-0.1, -0.05) is 17.7 Å². The average Bonchev–Trinajstić information content (AvgIpc) is 2.99. The highest BCUT2D eigenvalue weighted by Crippen LogP contribution is 2.29. The van der Waals surface area contributed by atoms with Crippen molar-refractivity contribution in [3.05, 3.63) is 46.4 Å². The molecule has 1 N–H and O–H groups in total. The Morgan fingerprint density at radius 2 is 2.19 bits per heavy atom. The lowest BCUT2D eigenvalue weighted by Crippen LogP contribution is -2.14. The van der Waals surface area contributed by atoms with Gasteiger partial charge in [-0.15, -0.1) is 0 Å². The second-order valence-corrected chi connectivity index (χ2v) is 6.29. The number of benzene rings is 1. The number of halogens is 1. The lowest BCUT2D eigenvalue weighted by atomic mass is 10.1. The molecule has 21 heavy (non-hydrogen) atoms. The number of amides is 1. The molecule has 0 aliphatic carbocycles. The van der Waals surface area contributed by atoms with Gasteiger partial charge in [0, 0.05) is 11.8 Å². The summed E-state index contributed by atoms with van der Waals surface area (Å²) in [4.78, 5) is 12.8. The van der Waals surface area contributed by atoms with Crippen LogP contribution in [0.2, 0.25) is 5.02 Å². The van der Waals surface area contributed by atoms with E-state index in [0.717, 1.165) is 5.56 Å². The Balaban J connectivity index is 1.92. The molecule has 1 aliphatic heterocycles. The Labute approximate surface area is 128 Å². The minimum absolute atomic E-state index is 0.334. The highest BCUT2D eigenvalue weighted by Gasteiger charge is 2.24. The summed E-state index contributed by atoms with van der Waals surface area (Å²) in [5.74, 6) is 0.338. The molecule has 0 spiro atoms. The molecule has 1 aromatic carbocycles. The minimum Gasteiger partial charge on any atom is -0.466 e. The number of anilines is 1. The molecule has 0 saturated carbocycles. The monoisotopic (exact) mass is 325 g/mol. The zero-order valence-corrected chi connectivity index (χ0v) is 12.7. The van der Waals surface area contributed by atoms with E-state index in [2.05, 4.69) is 5.32 Å². The first kappa shape index (κ1) is 14.3. The van der Waals surface area contributed by atoms with E-state index >= 15 is 0 Å². The smallest absolute Gasteiger partial charge is 0.259 e. The summed E-state index contributed by atoms with van der Waals surface area (Å²) in [7, 11) is -1.31. The lowest BCUT2D eigenvalue weighted by molar-refractivity contribution is 0.101. The molecule has 0 fully saturated rings. The van der Waals surface area contributed by atoms with Crippen LogP contribution in [-0.2, 0) is 28.8 Å². The van der Waals surface area contributed by atoms with Gasteiger partial charge >= 0.3 is 0 Å². The maximum atomic E-state index is 12.4. The minimum atomic E-state index is -1.31. The van der Waals surface area contributed by atoms with Crippen LogP contribution < -0.4 is 5.32 Å². The van der Waals surface area contributed by atoms with Crippen molar-refractivity contribution in [3.63, 3.8) is 0 Å². The Bertz CT molecular complexity index is 741. The van der Waals surface area contributed by atoms with Crippen LogP contribution in [0, 0.1) is 0 Å². The van der Waals surface area contributed by atoms with Crippen molar-refractivity contribution < 1.29 is 18.2 Å². The number of carbonyl (C=O) groups excluding carboxylic acids is 1. The van der Waals surface area contributed by atoms with Crippen molar-refractivity contribution >= 4 is 34.0 Å². The van der Waals surface area contributed by atoms with Gasteiger partial charge in [-0.2, -0.15) is 0 Å². The topological polar surface area (TPSA) is 68.5 Å². The number of hydrogen-bond acceptors (Lipinski definition) is 4. The first-order chi connectivity index (χ1) is 10.1. The van der Waals surface area contributed by atoms with E-state index in [1.54, 1.807) is 18.2 Å². The van der Waals surface area contributed by atoms with E-state index in [9.17, 15) is 9.00 Å². The third kappa shape index (κ3) is 2.62. The lowest BCUT2D eigenvalue weighted by Gasteiger charge is -2.10. The predicted molar refractivity (Wildman–Crippen MR) is 78.9 cm³/mol. The molecule has 5 nitrogen and oxygen atoms in total. The third-order valence-electron chi connectivity index (χ3n) is 3.21. The summed E-state index contributed by atoms with van der Waals surface area (Å²) in [6, 6.07) is 4.99. The van der Waals surface area contributed by atoms with Gasteiger partial charge in [0.25, 0.3) is 5.91 Å². The number of rotatable bonds is 3. The van der Waals surface area contributed by atoms with E-state index in [0.29, 0.717) is 40.1 Å². The average molecular weight is 326 g/mol. The zero-order valence-electron chi connectivity index (χ0n) is 11.1. The summed E-state index contributed by atoms with van der Waals surface area (Å²) in [5, 5.41) is 3.09. The van der Waals surface area contributed by atoms with Gasteiger partial charge in [0.05, 0.1) is 38.6 Å². The number of fused-ring (bicyclic) bond motifs is 1. The van der Waals surface area contributed by atoms with Crippen molar-refractivity contribution in [2.24, 2.45) is 0 Å². The van der Waals surface area contributed by atoms with E-state index in [-0.39, 0.29) is 5.91 Å². The van der Waals surface area contributed by atoms with Gasteiger partial charge in [0.15, 0.2) is 0 Å². The Hall–Kier alpha value is -1.63. The van der Waals surface area contributed by atoms with Crippen molar-refractivity contribution in [3.8, 4) is 0 Å². The molecule has 1 amide bonds. The second kappa shape index (κ2) is 5.63. The molecule has 2 aromatic rings. The van der Waals surface area contributed by atoms with E-state index in [4.69, 9.17) is 20.8 Å². The molecule has 2 heterocycles. The quantitative estimate of drug-likeness (QED) is 0.942. The van der Waals surface area contributed by atoms with Crippen molar-refractivity contribution in [2.45, 2.75) is 18.1 Å². The molecular formula is C14H12ClNO4S. The largest absolute Gasteiger partial charge is 0.466 e. The van der Waals surface area contributed by atoms with Crippen LogP contribution in [0.1, 0.15) is 21.7 Å². The highest BCUT2D eigenvalue weighted by atomic mass is 35.5. The van der Waals surface area contributed by atoms with Gasteiger partial charge < -0.3 is 14.5 Å². The molecule has 0 saturated heterocycles. The summed E-state index contributed by atoms with van der Waals surface area (Å²) >= 11 is 6.04. The fraction of sp³-hybridized carbons (Fsp3) is 0.214. The molecule has 0 bridgehead atoms. The summed E-state index contributed by atoms with van der Waals surface area (Å²) in [6.45, 7) is 0.737. The zero-order chi connectivity index (χ0) is 15.0. The molecule has 0 radical (unpaired) electrons. The van der Waals surface area contributed by atoms with E-state index in [1.807, 2.05) is 0 Å². The number of furan rings is 1. The normalized spacial score (nSPS) is 14.8. The fourth-order valence-electron chi connectivity index (χ4n) is 2.23.